The third-order valence-corrected chi connectivity index (χ3v) is 3.44. The lowest BCUT2D eigenvalue weighted by Gasteiger charge is -2.50. The smallest absolute Gasteiger partial charge is 0.245 e. The summed E-state index contributed by atoms with van der Waals surface area (Å²) in [5.74, 6) is -0.772. The molecule has 0 aromatic carbocycles. The second-order valence-corrected chi connectivity index (χ2v) is 4.63. The molecule has 0 aromatic rings. The molecule has 2 aliphatic heterocycles. The maximum atomic E-state index is 12.0. The third kappa shape index (κ3) is 1.49. The standard InChI is InChI=1S/C10H17N3O3/c1-6(14)7(8(11)15)13-5-10(9(13)16)3-2-4-12-10/h6-7,12,14H,2-5H2,1H3,(H2,11,15)/t6-,7?,10?/m1/s1. The molecular weight excluding hydrogens is 210 g/mol. The number of β-lactam (4-membered cyclic amide) rings is 1. The summed E-state index contributed by atoms with van der Waals surface area (Å²) in [5.41, 5.74) is 4.70. The van der Waals surface area contributed by atoms with Crippen LogP contribution in [-0.4, -0.2) is 52.6 Å². The summed E-state index contributed by atoms with van der Waals surface area (Å²) in [7, 11) is 0. The van der Waals surface area contributed by atoms with Gasteiger partial charge in [0.25, 0.3) is 0 Å². The van der Waals surface area contributed by atoms with E-state index in [9.17, 15) is 14.7 Å². The van der Waals surface area contributed by atoms with Crippen molar-refractivity contribution in [3.8, 4) is 0 Å². The molecule has 16 heavy (non-hydrogen) atoms. The molecular formula is C10H17N3O3. The summed E-state index contributed by atoms with van der Waals surface area (Å²) in [6.07, 6.45) is 0.837. The Bertz CT molecular complexity index is 323. The fourth-order valence-corrected chi connectivity index (χ4v) is 2.61. The van der Waals surface area contributed by atoms with E-state index in [-0.39, 0.29) is 5.91 Å². The molecule has 2 fully saturated rings. The number of primary amides is 1. The Hall–Kier alpha value is -1.14. The fourth-order valence-electron chi connectivity index (χ4n) is 2.61. The van der Waals surface area contributed by atoms with E-state index in [1.165, 1.54) is 11.8 Å². The number of likely N-dealkylation sites (tertiary alicyclic amines) is 1. The second kappa shape index (κ2) is 3.71. The van der Waals surface area contributed by atoms with Crippen molar-refractivity contribution < 1.29 is 14.7 Å². The van der Waals surface area contributed by atoms with Crippen molar-refractivity contribution >= 4 is 11.8 Å². The minimum absolute atomic E-state index is 0.116. The molecule has 0 saturated carbocycles. The summed E-state index contributed by atoms with van der Waals surface area (Å²) in [6, 6.07) is -0.902. The van der Waals surface area contributed by atoms with Crippen LogP contribution >= 0.6 is 0 Å². The quantitative estimate of drug-likeness (QED) is 0.495. The van der Waals surface area contributed by atoms with Gasteiger partial charge in [0.05, 0.1) is 6.10 Å². The lowest BCUT2D eigenvalue weighted by atomic mass is 9.84. The number of hydrogen-bond acceptors (Lipinski definition) is 4. The van der Waals surface area contributed by atoms with Crippen LogP contribution in [0.5, 0.6) is 0 Å². The Kier molecular flexibility index (Phi) is 2.63. The van der Waals surface area contributed by atoms with Gasteiger partial charge in [0.1, 0.15) is 11.6 Å². The number of hydrogen-bond donors (Lipinski definition) is 3. The minimum Gasteiger partial charge on any atom is -0.391 e. The number of aliphatic hydroxyl groups excluding tert-OH is 1. The molecule has 2 saturated heterocycles. The van der Waals surface area contributed by atoms with Crippen LogP contribution in [0.15, 0.2) is 0 Å². The van der Waals surface area contributed by atoms with Crippen LogP contribution in [0.3, 0.4) is 0 Å². The SMILES string of the molecule is C[C@@H](O)C(C(N)=O)N1CC2(CCCN2)C1=O. The second-order valence-electron chi connectivity index (χ2n) is 4.63. The van der Waals surface area contributed by atoms with Gasteiger partial charge in [-0.05, 0) is 26.3 Å². The average Bonchev–Trinajstić information content (AvgIpc) is 2.67. The number of carbonyl (C=O) groups is 2. The van der Waals surface area contributed by atoms with Crippen LogP contribution < -0.4 is 11.1 Å². The molecule has 6 nitrogen and oxygen atoms in total. The molecule has 3 atom stereocenters. The highest BCUT2D eigenvalue weighted by Crippen LogP contribution is 2.33. The lowest BCUT2D eigenvalue weighted by Crippen LogP contribution is -2.75. The summed E-state index contributed by atoms with van der Waals surface area (Å²) in [6.45, 7) is 2.76. The minimum atomic E-state index is -0.930. The number of amides is 2. The Balaban J connectivity index is 2.08. The molecule has 2 amide bonds. The van der Waals surface area contributed by atoms with Crippen molar-refractivity contribution in [2.75, 3.05) is 13.1 Å². The molecule has 2 aliphatic rings. The number of nitrogens with two attached hydrogens (primary N) is 1. The number of nitrogens with one attached hydrogen (secondary N) is 1. The van der Waals surface area contributed by atoms with Crippen LogP contribution in [0, 0.1) is 0 Å². The van der Waals surface area contributed by atoms with Gasteiger partial charge in [-0.25, -0.2) is 0 Å². The fraction of sp³-hybridized carbons (Fsp3) is 0.800. The van der Waals surface area contributed by atoms with Gasteiger partial charge in [0.2, 0.25) is 11.8 Å². The molecule has 6 heteroatoms. The Morgan fingerprint density at radius 1 is 1.69 bits per heavy atom. The van der Waals surface area contributed by atoms with Crippen LogP contribution in [-0.2, 0) is 9.59 Å². The predicted molar refractivity (Wildman–Crippen MR) is 56.3 cm³/mol. The van der Waals surface area contributed by atoms with Gasteiger partial charge in [-0.15, -0.1) is 0 Å². The normalized spacial score (nSPS) is 32.6. The zero-order valence-electron chi connectivity index (χ0n) is 9.27. The van der Waals surface area contributed by atoms with Crippen molar-refractivity contribution in [2.45, 2.75) is 37.5 Å². The maximum Gasteiger partial charge on any atom is 0.245 e. The number of nitrogens with zero attached hydrogens (tertiary/aromatic N) is 1. The number of carbonyl (C=O) groups excluding carboxylic acids is 2. The van der Waals surface area contributed by atoms with Gasteiger partial charge < -0.3 is 21.1 Å². The van der Waals surface area contributed by atoms with Crippen LogP contribution in [0.1, 0.15) is 19.8 Å². The van der Waals surface area contributed by atoms with E-state index in [0.717, 1.165) is 19.4 Å². The molecule has 2 unspecified atom stereocenters. The summed E-state index contributed by atoms with van der Waals surface area (Å²) < 4.78 is 0. The van der Waals surface area contributed by atoms with E-state index in [4.69, 9.17) is 5.73 Å². The highest BCUT2D eigenvalue weighted by atomic mass is 16.3. The number of rotatable bonds is 3. The molecule has 0 aliphatic carbocycles. The van der Waals surface area contributed by atoms with E-state index < -0.39 is 23.6 Å². The van der Waals surface area contributed by atoms with Crippen molar-refractivity contribution in [3.63, 3.8) is 0 Å². The molecule has 0 radical (unpaired) electrons. The monoisotopic (exact) mass is 227 g/mol. The Morgan fingerprint density at radius 2 is 2.38 bits per heavy atom. The summed E-state index contributed by atoms with van der Waals surface area (Å²) in [5, 5.41) is 12.6. The van der Waals surface area contributed by atoms with Crippen LogP contribution in [0.2, 0.25) is 0 Å². The zero-order valence-corrected chi connectivity index (χ0v) is 9.27. The van der Waals surface area contributed by atoms with Crippen molar-refractivity contribution in [3.05, 3.63) is 0 Å². The molecule has 2 rings (SSSR count). The van der Waals surface area contributed by atoms with Gasteiger partial charge in [-0.1, -0.05) is 0 Å². The van der Waals surface area contributed by atoms with Gasteiger partial charge in [0, 0.05) is 6.54 Å². The maximum absolute atomic E-state index is 12.0. The van der Waals surface area contributed by atoms with Crippen molar-refractivity contribution in [1.29, 1.82) is 0 Å². The van der Waals surface area contributed by atoms with E-state index in [1.807, 2.05) is 0 Å². The Morgan fingerprint density at radius 3 is 2.75 bits per heavy atom. The topological polar surface area (TPSA) is 95.7 Å². The number of aliphatic hydroxyl groups is 1. The first-order valence-corrected chi connectivity index (χ1v) is 5.51. The predicted octanol–water partition coefficient (Wildman–Crippen LogP) is -1.81. The highest BCUT2D eigenvalue weighted by Gasteiger charge is 2.56. The first-order chi connectivity index (χ1) is 7.48. The first kappa shape index (κ1) is 11.3. The highest BCUT2D eigenvalue weighted by molar-refractivity contribution is 5.97. The lowest BCUT2D eigenvalue weighted by molar-refractivity contribution is -0.163. The zero-order chi connectivity index (χ0) is 11.9. The van der Waals surface area contributed by atoms with E-state index >= 15 is 0 Å². The Labute approximate surface area is 93.8 Å². The van der Waals surface area contributed by atoms with Gasteiger partial charge in [-0.3, -0.25) is 9.59 Å². The third-order valence-electron chi connectivity index (χ3n) is 3.44. The van der Waals surface area contributed by atoms with E-state index in [0.29, 0.717) is 6.54 Å². The molecule has 90 valence electrons. The van der Waals surface area contributed by atoms with E-state index in [2.05, 4.69) is 5.32 Å². The summed E-state index contributed by atoms with van der Waals surface area (Å²) in [4.78, 5) is 24.5. The molecule has 1 spiro atoms. The van der Waals surface area contributed by atoms with Crippen LogP contribution in [0.25, 0.3) is 0 Å². The molecule has 2 heterocycles. The summed E-state index contributed by atoms with van der Waals surface area (Å²) >= 11 is 0. The molecule has 0 aromatic heterocycles. The largest absolute Gasteiger partial charge is 0.391 e. The molecule has 4 N–H and O–H groups in total. The van der Waals surface area contributed by atoms with Crippen molar-refractivity contribution in [2.24, 2.45) is 5.73 Å². The van der Waals surface area contributed by atoms with Crippen molar-refractivity contribution in [1.82, 2.24) is 10.2 Å². The average molecular weight is 227 g/mol. The van der Waals surface area contributed by atoms with Gasteiger partial charge in [-0.2, -0.15) is 0 Å². The molecule has 0 bridgehead atoms. The first-order valence-electron chi connectivity index (χ1n) is 5.51. The van der Waals surface area contributed by atoms with E-state index in [1.54, 1.807) is 0 Å². The van der Waals surface area contributed by atoms with Gasteiger partial charge >= 0.3 is 0 Å². The van der Waals surface area contributed by atoms with Crippen LogP contribution in [0.4, 0.5) is 0 Å². The van der Waals surface area contributed by atoms with Gasteiger partial charge in [0.15, 0.2) is 0 Å².